The van der Waals surface area contributed by atoms with Gasteiger partial charge in [-0.2, -0.15) is 0 Å². The summed E-state index contributed by atoms with van der Waals surface area (Å²) < 4.78 is 38.2. The molecule has 0 N–H and O–H groups in total. The van der Waals surface area contributed by atoms with E-state index in [0.29, 0.717) is 64.5 Å². The van der Waals surface area contributed by atoms with Gasteiger partial charge in [-0.1, -0.05) is 0 Å². The molecule has 25 heavy (non-hydrogen) atoms. The normalized spacial score (nSPS) is 24.9. The summed E-state index contributed by atoms with van der Waals surface area (Å²) in [5, 5.41) is 0. The smallest absolute Gasteiger partial charge is 0.223 e. The molecule has 0 radical (unpaired) electrons. The first-order valence-electron chi connectivity index (χ1n) is 8.52. The molecule has 2 aliphatic rings. The molecule has 1 amide bonds. The average molecular weight is 354 g/mol. The largest absolute Gasteiger partial charge is 0.383 e. The minimum absolute atomic E-state index is 0.0967. The second kappa shape index (κ2) is 7.76. The Kier molecular flexibility index (Phi) is 5.66. The zero-order valence-electron chi connectivity index (χ0n) is 14.5. The highest BCUT2D eigenvalue weighted by molar-refractivity contribution is 5.79. The molecule has 7 heteroatoms. The van der Waals surface area contributed by atoms with Gasteiger partial charge in [0.15, 0.2) is 0 Å². The second-order valence-corrected chi connectivity index (χ2v) is 6.98. The molecule has 2 saturated heterocycles. The van der Waals surface area contributed by atoms with Crippen LogP contribution in [0.4, 0.5) is 8.78 Å². The first-order valence-corrected chi connectivity index (χ1v) is 8.52. The van der Waals surface area contributed by atoms with Crippen molar-refractivity contribution in [3.63, 3.8) is 0 Å². The molecule has 5 nitrogen and oxygen atoms in total. The number of carbonyl (C=O) groups is 1. The van der Waals surface area contributed by atoms with Gasteiger partial charge < -0.3 is 14.4 Å². The van der Waals surface area contributed by atoms with Gasteiger partial charge in [0, 0.05) is 57.2 Å². The lowest BCUT2D eigenvalue weighted by Gasteiger charge is -2.31. The lowest BCUT2D eigenvalue weighted by atomic mass is 9.87. The molecule has 2 aliphatic heterocycles. The molecular formula is C18H24F2N2O3. The number of rotatable bonds is 5. The Morgan fingerprint density at radius 3 is 2.96 bits per heavy atom. The molecule has 0 bridgehead atoms. The Morgan fingerprint density at radius 1 is 1.32 bits per heavy atom. The number of amides is 1. The Hall–Kier alpha value is -1.57. The summed E-state index contributed by atoms with van der Waals surface area (Å²) in [5.41, 5.74) is 0.0307. The number of halogens is 2. The fourth-order valence-corrected chi connectivity index (χ4v) is 3.71. The quantitative estimate of drug-likeness (QED) is 0.807. The lowest BCUT2D eigenvalue weighted by Crippen LogP contribution is -2.41. The van der Waals surface area contributed by atoms with Crippen molar-refractivity contribution in [1.82, 2.24) is 9.80 Å². The van der Waals surface area contributed by atoms with Crippen LogP contribution in [0.15, 0.2) is 18.2 Å². The van der Waals surface area contributed by atoms with E-state index in [1.165, 1.54) is 6.07 Å². The number of benzene rings is 1. The number of ether oxygens (including phenoxy) is 2. The van der Waals surface area contributed by atoms with Crippen LogP contribution in [-0.4, -0.2) is 68.8 Å². The van der Waals surface area contributed by atoms with Gasteiger partial charge in [0.1, 0.15) is 11.6 Å². The van der Waals surface area contributed by atoms with Crippen molar-refractivity contribution in [1.29, 1.82) is 0 Å². The highest BCUT2D eigenvalue weighted by atomic mass is 19.1. The summed E-state index contributed by atoms with van der Waals surface area (Å²) in [7, 11) is 1.61. The summed E-state index contributed by atoms with van der Waals surface area (Å²) in [6, 6.07) is 3.51. The van der Waals surface area contributed by atoms with E-state index in [0.717, 1.165) is 12.1 Å². The van der Waals surface area contributed by atoms with Crippen LogP contribution in [0.2, 0.25) is 0 Å². The monoisotopic (exact) mass is 354 g/mol. The van der Waals surface area contributed by atoms with Crippen molar-refractivity contribution in [2.75, 3.05) is 53.1 Å². The second-order valence-electron chi connectivity index (χ2n) is 6.98. The Morgan fingerprint density at radius 2 is 2.16 bits per heavy atom. The molecule has 3 rings (SSSR count). The third-order valence-corrected chi connectivity index (χ3v) is 4.89. The molecule has 1 aromatic rings. The predicted octanol–water partition coefficient (Wildman–Crippen LogP) is 1.66. The zero-order valence-corrected chi connectivity index (χ0v) is 14.5. The molecule has 2 heterocycles. The topological polar surface area (TPSA) is 42.0 Å². The summed E-state index contributed by atoms with van der Waals surface area (Å²) in [6.45, 7) is 4.26. The maximum absolute atomic E-state index is 14.0. The minimum atomic E-state index is -0.445. The molecule has 138 valence electrons. The number of hydrogen-bond acceptors (Lipinski definition) is 4. The van der Waals surface area contributed by atoms with Crippen LogP contribution in [-0.2, 0) is 20.8 Å². The minimum Gasteiger partial charge on any atom is -0.383 e. The highest BCUT2D eigenvalue weighted by Gasteiger charge is 2.45. The third kappa shape index (κ3) is 4.34. The fraction of sp³-hybridized carbons (Fsp3) is 0.611. The van der Waals surface area contributed by atoms with E-state index in [4.69, 9.17) is 9.47 Å². The van der Waals surface area contributed by atoms with E-state index in [2.05, 4.69) is 4.90 Å². The zero-order chi connectivity index (χ0) is 17.9. The van der Waals surface area contributed by atoms with E-state index in [1.807, 2.05) is 0 Å². The van der Waals surface area contributed by atoms with Crippen molar-refractivity contribution < 1.29 is 23.0 Å². The van der Waals surface area contributed by atoms with Crippen molar-refractivity contribution in [2.45, 2.75) is 13.0 Å². The fourth-order valence-electron chi connectivity index (χ4n) is 3.71. The third-order valence-electron chi connectivity index (χ3n) is 4.89. The van der Waals surface area contributed by atoms with Crippen molar-refractivity contribution >= 4 is 5.91 Å². The molecule has 1 atom stereocenters. The van der Waals surface area contributed by atoms with Crippen molar-refractivity contribution in [3.05, 3.63) is 35.4 Å². The lowest BCUT2D eigenvalue weighted by molar-refractivity contribution is -0.128. The van der Waals surface area contributed by atoms with E-state index in [1.54, 1.807) is 12.0 Å². The van der Waals surface area contributed by atoms with E-state index >= 15 is 0 Å². The molecular weight excluding hydrogens is 330 g/mol. The maximum Gasteiger partial charge on any atom is 0.223 e. The van der Waals surface area contributed by atoms with Crippen LogP contribution in [0.1, 0.15) is 12.0 Å². The van der Waals surface area contributed by atoms with Crippen molar-refractivity contribution in [3.8, 4) is 0 Å². The van der Waals surface area contributed by atoms with E-state index < -0.39 is 11.6 Å². The van der Waals surface area contributed by atoms with Gasteiger partial charge >= 0.3 is 0 Å². The molecule has 0 saturated carbocycles. The molecule has 1 aromatic carbocycles. The molecule has 2 fully saturated rings. The molecule has 1 spiro atoms. The summed E-state index contributed by atoms with van der Waals surface area (Å²) >= 11 is 0. The van der Waals surface area contributed by atoms with Gasteiger partial charge in [-0.25, -0.2) is 8.78 Å². The number of likely N-dealkylation sites (tertiary alicyclic amines) is 1. The van der Waals surface area contributed by atoms with Gasteiger partial charge in [0.05, 0.1) is 19.8 Å². The SMILES string of the molecule is COCCN1CC2(COCCN(Cc3cc(F)ccc3F)C2)CC1=O. The van der Waals surface area contributed by atoms with Crippen LogP contribution in [0.25, 0.3) is 0 Å². The summed E-state index contributed by atoms with van der Waals surface area (Å²) in [6.07, 6.45) is 0.416. The van der Waals surface area contributed by atoms with Crippen LogP contribution in [0, 0.1) is 17.0 Å². The first-order chi connectivity index (χ1) is 12.0. The van der Waals surface area contributed by atoms with Gasteiger partial charge in [-0.05, 0) is 18.2 Å². The Labute approximate surface area is 146 Å². The van der Waals surface area contributed by atoms with E-state index in [-0.39, 0.29) is 11.3 Å². The summed E-state index contributed by atoms with van der Waals surface area (Å²) in [5.74, 6) is -0.761. The molecule has 0 aliphatic carbocycles. The number of carbonyl (C=O) groups excluding carboxylic acids is 1. The van der Waals surface area contributed by atoms with Gasteiger partial charge in [-0.15, -0.1) is 0 Å². The van der Waals surface area contributed by atoms with Crippen LogP contribution in [0.5, 0.6) is 0 Å². The van der Waals surface area contributed by atoms with Gasteiger partial charge in [-0.3, -0.25) is 9.69 Å². The maximum atomic E-state index is 14.0. The van der Waals surface area contributed by atoms with Gasteiger partial charge in [0.2, 0.25) is 5.91 Å². The van der Waals surface area contributed by atoms with Crippen LogP contribution >= 0.6 is 0 Å². The number of methoxy groups -OCH3 is 1. The number of hydrogen-bond donors (Lipinski definition) is 0. The highest BCUT2D eigenvalue weighted by Crippen LogP contribution is 2.34. The average Bonchev–Trinajstić information content (AvgIpc) is 2.74. The van der Waals surface area contributed by atoms with Crippen LogP contribution in [0.3, 0.4) is 0 Å². The first kappa shape index (κ1) is 18.2. The summed E-state index contributed by atoms with van der Waals surface area (Å²) in [4.78, 5) is 16.2. The Bertz CT molecular complexity index is 628. The van der Waals surface area contributed by atoms with Gasteiger partial charge in [0.25, 0.3) is 0 Å². The van der Waals surface area contributed by atoms with Crippen LogP contribution < -0.4 is 0 Å². The Balaban J connectivity index is 1.71. The van der Waals surface area contributed by atoms with E-state index in [9.17, 15) is 13.6 Å². The predicted molar refractivity (Wildman–Crippen MR) is 88.0 cm³/mol. The number of nitrogens with zero attached hydrogens (tertiary/aromatic N) is 2. The molecule has 0 aromatic heterocycles. The van der Waals surface area contributed by atoms with Crippen molar-refractivity contribution in [2.24, 2.45) is 5.41 Å². The standard InChI is InChI=1S/C18H24F2N2O3/c1-24-6-5-22-12-18(9-17(22)23)11-21(4-7-25-13-18)10-14-8-15(19)2-3-16(14)20/h2-3,8H,4-7,9-13H2,1H3. The molecule has 1 unspecified atom stereocenters.